The van der Waals surface area contributed by atoms with Crippen LogP contribution in [0.15, 0.2) is 59.7 Å². The number of carboxylic acid groups (broad SMARTS) is 2. The third-order valence-electron chi connectivity index (χ3n) is 3.58. The molecule has 25 heavy (non-hydrogen) atoms. The van der Waals surface area contributed by atoms with Crippen molar-refractivity contribution in [2.24, 2.45) is 0 Å². The van der Waals surface area contributed by atoms with Gasteiger partial charge in [0.15, 0.2) is 0 Å². The fourth-order valence-electron chi connectivity index (χ4n) is 2.34. The Labute approximate surface area is 154 Å². The first-order valence-corrected chi connectivity index (χ1v) is 7.97. The van der Waals surface area contributed by atoms with Crippen molar-refractivity contribution < 1.29 is 19.8 Å². The monoisotopic (exact) mass is 376 g/mol. The molecular formula is C19H14Cl2O4. The van der Waals surface area contributed by atoms with Gasteiger partial charge in [0.2, 0.25) is 0 Å². The molecule has 2 rings (SSSR count). The van der Waals surface area contributed by atoms with Crippen molar-refractivity contribution in [1.82, 2.24) is 0 Å². The molecule has 0 radical (unpaired) electrons. The van der Waals surface area contributed by atoms with Crippen LogP contribution >= 0.6 is 23.2 Å². The topological polar surface area (TPSA) is 74.6 Å². The summed E-state index contributed by atoms with van der Waals surface area (Å²) in [6.45, 7) is 1.56. The molecule has 0 saturated heterocycles. The van der Waals surface area contributed by atoms with Crippen LogP contribution in [0, 0.1) is 0 Å². The summed E-state index contributed by atoms with van der Waals surface area (Å²) in [6.07, 6.45) is 1.18. The molecule has 0 spiro atoms. The highest BCUT2D eigenvalue weighted by molar-refractivity contribution is 6.37. The van der Waals surface area contributed by atoms with Crippen LogP contribution in [0.1, 0.15) is 18.1 Å². The lowest BCUT2D eigenvalue weighted by Gasteiger charge is -2.11. The number of carbonyl (C=O) groups is 2. The van der Waals surface area contributed by atoms with Crippen molar-refractivity contribution >= 4 is 46.8 Å². The van der Waals surface area contributed by atoms with Crippen LogP contribution in [0.5, 0.6) is 0 Å². The maximum Gasteiger partial charge on any atom is 0.336 e. The Morgan fingerprint density at radius 1 is 0.880 bits per heavy atom. The van der Waals surface area contributed by atoms with Crippen molar-refractivity contribution in [2.75, 3.05) is 0 Å². The molecule has 6 heteroatoms. The van der Waals surface area contributed by atoms with Gasteiger partial charge in [-0.3, -0.25) is 0 Å². The van der Waals surface area contributed by atoms with Gasteiger partial charge >= 0.3 is 11.9 Å². The van der Waals surface area contributed by atoms with Crippen LogP contribution in [0.3, 0.4) is 0 Å². The summed E-state index contributed by atoms with van der Waals surface area (Å²) in [4.78, 5) is 23.5. The lowest BCUT2D eigenvalue weighted by atomic mass is 9.94. The minimum absolute atomic E-state index is 0.230. The molecule has 0 saturated carbocycles. The zero-order valence-electron chi connectivity index (χ0n) is 13.2. The number of aliphatic carboxylic acids is 2. The number of hydrogen-bond donors (Lipinski definition) is 2. The van der Waals surface area contributed by atoms with Crippen molar-refractivity contribution in [3.05, 3.63) is 80.8 Å². The molecule has 0 aliphatic heterocycles. The molecule has 4 nitrogen and oxygen atoms in total. The SMILES string of the molecule is C/C(=C(C(=O)O)/C(=C/c1c(Cl)cccc1Cl)C(=O)O)c1ccccc1. The molecule has 0 fully saturated rings. The van der Waals surface area contributed by atoms with Gasteiger partial charge in [-0.25, -0.2) is 9.59 Å². The highest BCUT2D eigenvalue weighted by atomic mass is 35.5. The van der Waals surface area contributed by atoms with Gasteiger partial charge in [0.05, 0.1) is 11.1 Å². The van der Waals surface area contributed by atoms with Gasteiger partial charge in [-0.05, 0) is 36.3 Å². The Morgan fingerprint density at radius 2 is 1.44 bits per heavy atom. The summed E-state index contributed by atoms with van der Waals surface area (Å²) in [6, 6.07) is 13.4. The quantitative estimate of drug-likeness (QED) is 0.567. The smallest absolute Gasteiger partial charge is 0.336 e. The third-order valence-corrected chi connectivity index (χ3v) is 4.24. The van der Waals surface area contributed by atoms with Crippen LogP contribution < -0.4 is 0 Å². The van der Waals surface area contributed by atoms with Gasteiger partial charge in [0, 0.05) is 15.6 Å². The highest BCUT2D eigenvalue weighted by Gasteiger charge is 2.24. The number of allylic oxidation sites excluding steroid dienone is 1. The summed E-state index contributed by atoms with van der Waals surface area (Å²) >= 11 is 12.1. The van der Waals surface area contributed by atoms with Crippen molar-refractivity contribution in [3.8, 4) is 0 Å². The normalized spacial score (nSPS) is 12.5. The minimum Gasteiger partial charge on any atom is -0.478 e. The Hall–Kier alpha value is -2.56. The number of rotatable bonds is 5. The van der Waals surface area contributed by atoms with E-state index in [4.69, 9.17) is 23.2 Å². The van der Waals surface area contributed by atoms with Crippen molar-refractivity contribution in [2.45, 2.75) is 6.92 Å². The Kier molecular flexibility index (Phi) is 6.02. The van der Waals surface area contributed by atoms with E-state index in [0.717, 1.165) is 0 Å². The maximum absolute atomic E-state index is 11.8. The molecule has 0 bridgehead atoms. The standard InChI is InChI=1S/C19H14Cl2O4/c1-11(12-6-3-2-4-7-12)17(19(24)25)14(18(22)23)10-13-15(20)8-5-9-16(13)21/h2-10H,1H3,(H,22,23)(H,24,25)/b14-10-,17-11+. The molecule has 2 aromatic carbocycles. The maximum atomic E-state index is 11.8. The van der Waals surface area contributed by atoms with E-state index in [1.807, 2.05) is 0 Å². The predicted octanol–water partition coefficient (Wildman–Crippen LogP) is 5.02. The Balaban J connectivity index is 2.74. The van der Waals surface area contributed by atoms with Crippen LogP contribution in [0.25, 0.3) is 11.6 Å². The highest BCUT2D eigenvalue weighted by Crippen LogP contribution is 2.31. The molecule has 0 aliphatic carbocycles. The van der Waals surface area contributed by atoms with E-state index >= 15 is 0 Å². The number of carboxylic acids is 2. The average molecular weight is 377 g/mol. The number of benzene rings is 2. The molecule has 2 N–H and O–H groups in total. The van der Waals surface area contributed by atoms with Gasteiger partial charge in [-0.15, -0.1) is 0 Å². The second-order valence-corrected chi connectivity index (χ2v) is 5.98. The van der Waals surface area contributed by atoms with E-state index < -0.39 is 17.5 Å². The van der Waals surface area contributed by atoms with E-state index in [0.29, 0.717) is 11.1 Å². The molecule has 2 aromatic rings. The minimum atomic E-state index is -1.39. The zero-order valence-corrected chi connectivity index (χ0v) is 14.7. The van der Waals surface area contributed by atoms with E-state index in [1.54, 1.807) is 55.5 Å². The summed E-state index contributed by atoms with van der Waals surface area (Å²) in [5.41, 5.74) is 0.462. The largest absolute Gasteiger partial charge is 0.478 e. The third kappa shape index (κ3) is 4.29. The summed E-state index contributed by atoms with van der Waals surface area (Å²) in [5.74, 6) is -2.73. The summed E-state index contributed by atoms with van der Waals surface area (Å²) < 4.78 is 0. The van der Waals surface area contributed by atoms with Crippen molar-refractivity contribution in [1.29, 1.82) is 0 Å². The number of hydrogen-bond acceptors (Lipinski definition) is 2. The first-order chi connectivity index (χ1) is 11.8. The predicted molar refractivity (Wildman–Crippen MR) is 98.7 cm³/mol. The van der Waals surface area contributed by atoms with E-state index in [-0.39, 0.29) is 21.2 Å². The molecule has 0 atom stereocenters. The molecule has 0 heterocycles. The average Bonchev–Trinajstić information content (AvgIpc) is 2.57. The van der Waals surface area contributed by atoms with Gasteiger partial charge in [0.1, 0.15) is 0 Å². The molecule has 0 amide bonds. The lowest BCUT2D eigenvalue weighted by Crippen LogP contribution is -2.13. The van der Waals surface area contributed by atoms with Gasteiger partial charge in [0.25, 0.3) is 0 Å². The van der Waals surface area contributed by atoms with Crippen LogP contribution in [-0.4, -0.2) is 22.2 Å². The van der Waals surface area contributed by atoms with Gasteiger partial charge in [-0.1, -0.05) is 59.6 Å². The Morgan fingerprint density at radius 3 is 1.92 bits per heavy atom. The summed E-state index contributed by atoms with van der Waals surface area (Å²) in [5, 5.41) is 19.7. The molecule has 0 aliphatic rings. The molecular weight excluding hydrogens is 363 g/mol. The van der Waals surface area contributed by atoms with Gasteiger partial charge < -0.3 is 10.2 Å². The molecule has 0 aromatic heterocycles. The van der Waals surface area contributed by atoms with Crippen molar-refractivity contribution in [3.63, 3.8) is 0 Å². The van der Waals surface area contributed by atoms with Crippen LogP contribution in [0.4, 0.5) is 0 Å². The number of halogens is 2. The fraction of sp³-hybridized carbons (Fsp3) is 0.0526. The molecule has 0 unspecified atom stereocenters. The fourth-order valence-corrected chi connectivity index (χ4v) is 2.85. The van der Waals surface area contributed by atoms with E-state index in [1.165, 1.54) is 6.08 Å². The summed E-state index contributed by atoms with van der Waals surface area (Å²) in [7, 11) is 0. The molecule has 128 valence electrons. The van der Waals surface area contributed by atoms with E-state index in [2.05, 4.69) is 0 Å². The Bertz CT molecular complexity index is 863. The second-order valence-electron chi connectivity index (χ2n) is 5.17. The van der Waals surface area contributed by atoms with Crippen LogP contribution in [-0.2, 0) is 9.59 Å². The zero-order chi connectivity index (χ0) is 18.6. The van der Waals surface area contributed by atoms with Crippen LogP contribution in [0.2, 0.25) is 10.0 Å². The lowest BCUT2D eigenvalue weighted by molar-refractivity contribution is -0.136. The van der Waals surface area contributed by atoms with Gasteiger partial charge in [-0.2, -0.15) is 0 Å². The van der Waals surface area contributed by atoms with E-state index in [9.17, 15) is 19.8 Å². The first-order valence-electron chi connectivity index (χ1n) is 7.22. The second kappa shape index (κ2) is 8.01. The first kappa shape index (κ1) is 18.8.